The normalized spacial score (nSPS) is 11.2. The van der Waals surface area contributed by atoms with Crippen molar-refractivity contribution < 1.29 is 18.3 Å². The summed E-state index contributed by atoms with van der Waals surface area (Å²) in [6.07, 6.45) is 0. The topological polar surface area (TPSA) is 74.7 Å². The predicted molar refractivity (Wildman–Crippen MR) is 132 cm³/mol. The highest BCUT2D eigenvalue weighted by molar-refractivity contribution is 7.99. The van der Waals surface area contributed by atoms with Gasteiger partial charge >= 0.3 is 5.97 Å². The summed E-state index contributed by atoms with van der Waals surface area (Å²) in [6.45, 7) is 0. The minimum Gasteiger partial charge on any atom is -0.478 e. The van der Waals surface area contributed by atoms with E-state index in [4.69, 9.17) is 0 Å². The summed E-state index contributed by atoms with van der Waals surface area (Å²) in [5, 5.41) is 9.53. The molecule has 0 radical (unpaired) electrons. The molecule has 7 heteroatoms. The van der Waals surface area contributed by atoms with Crippen molar-refractivity contribution in [3.63, 3.8) is 0 Å². The smallest absolute Gasteiger partial charge is 0.335 e. The minimum absolute atomic E-state index is 0.0453. The van der Waals surface area contributed by atoms with Crippen molar-refractivity contribution >= 4 is 39.1 Å². The zero-order valence-corrected chi connectivity index (χ0v) is 19.2. The number of aromatic carboxylic acids is 1. The van der Waals surface area contributed by atoms with E-state index in [0.717, 1.165) is 5.56 Å². The van der Waals surface area contributed by atoms with Crippen molar-refractivity contribution in [1.29, 1.82) is 0 Å². The number of sulfonamides is 1. The zero-order chi connectivity index (χ0) is 23.3. The Bertz CT molecular complexity index is 1300. The number of carbonyl (C=O) groups is 1. The monoisotopic (exact) mass is 475 g/mol. The van der Waals surface area contributed by atoms with E-state index in [0.29, 0.717) is 22.0 Å². The van der Waals surface area contributed by atoms with Gasteiger partial charge in [0.25, 0.3) is 10.0 Å². The fourth-order valence-corrected chi connectivity index (χ4v) is 6.32. The molecule has 0 aliphatic carbocycles. The first-order valence-corrected chi connectivity index (χ1v) is 12.6. The molecular weight excluding hydrogens is 454 g/mol. The highest BCUT2D eigenvalue weighted by atomic mass is 32.2. The van der Waals surface area contributed by atoms with E-state index in [2.05, 4.69) is 0 Å². The first-order valence-electron chi connectivity index (χ1n) is 10.2. The van der Waals surface area contributed by atoms with Gasteiger partial charge in [-0.1, -0.05) is 66.7 Å². The molecular formula is C26H21NO4S2. The number of rotatable bonds is 8. The molecule has 4 aromatic carbocycles. The number of carboxylic acids is 1. The van der Waals surface area contributed by atoms with Crippen LogP contribution in [0.3, 0.4) is 0 Å². The van der Waals surface area contributed by atoms with Crippen molar-refractivity contribution in [2.45, 2.75) is 15.5 Å². The number of anilines is 2. The molecule has 0 spiro atoms. The Labute approximate surface area is 197 Å². The van der Waals surface area contributed by atoms with Crippen LogP contribution in [0.15, 0.2) is 119 Å². The van der Waals surface area contributed by atoms with Gasteiger partial charge in [-0.25, -0.2) is 17.5 Å². The van der Waals surface area contributed by atoms with E-state index >= 15 is 0 Å². The van der Waals surface area contributed by atoms with E-state index in [9.17, 15) is 18.3 Å². The van der Waals surface area contributed by atoms with Gasteiger partial charge in [-0.2, -0.15) is 0 Å². The van der Waals surface area contributed by atoms with Crippen LogP contribution in [-0.2, 0) is 15.8 Å². The number of thioether (sulfide) groups is 1. The van der Waals surface area contributed by atoms with Crippen molar-refractivity contribution in [1.82, 2.24) is 0 Å². The summed E-state index contributed by atoms with van der Waals surface area (Å²) in [5.74, 6) is -0.635. The molecule has 0 bridgehead atoms. The predicted octanol–water partition coefficient (Wildman–Crippen LogP) is 6.20. The SMILES string of the molecule is O=C(O)c1ccc(SCc2ccccc2)c(S(=O)(=O)N(c2ccccc2)c2ccccc2)c1. The summed E-state index contributed by atoms with van der Waals surface area (Å²) < 4.78 is 29.4. The minimum atomic E-state index is -4.15. The van der Waals surface area contributed by atoms with Crippen LogP contribution in [-0.4, -0.2) is 19.5 Å². The molecule has 5 nitrogen and oxygen atoms in total. The van der Waals surface area contributed by atoms with Gasteiger partial charge in [-0.3, -0.25) is 0 Å². The second-order valence-corrected chi connectivity index (χ2v) is 9.95. The molecule has 0 saturated carbocycles. The second-order valence-electron chi connectivity index (χ2n) is 7.18. The Morgan fingerprint density at radius 3 is 1.79 bits per heavy atom. The standard InChI is InChI=1S/C26H21NO4S2/c28-26(29)21-16-17-24(32-19-20-10-4-1-5-11-20)25(18-21)33(30,31)27(22-12-6-2-7-13-22)23-14-8-3-9-15-23/h1-18H,19H2,(H,28,29). The maximum absolute atomic E-state index is 14.1. The number of para-hydroxylation sites is 2. The lowest BCUT2D eigenvalue weighted by molar-refractivity contribution is 0.0696. The molecule has 0 fully saturated rings. The molecule has 0 heterocycles. The van der Waals surface area contributed by atoms with Gasteiger partial charge in [-0.15, -0.1) is 11.8 Å². The number of benzene rings is 4. The lowest BCUT2D eigenvalue weighted by atomic mass is 10.2. The Balaban J connectivity index is 1.84. The lowest BCUT2D eigenvalue weighted by Crippen LogP contribution is -2.27. The van der Waals surface area contributed by atoms with Gasteiger partial charge in [0.1, 0.15) is 4.90 Å². The van der Waals surface area contributed by atoms with E-state index in [1.807, 2.05) is 42.5 Å². The van der Waals surface area contributed by atoms with E-state index < -0.39 is 16.0 Å². The summed E-state index contributed by atoms with van der Waals surface area (Å²) in [5.41, 5.74) is 1.88. The van der Waals surface area contributed by atoms with Crippen LogP contribution in [0.25, 0.3) is 0 Å². The zero-order valence-electron chi connectivity index (χ0n) is 17.5. The van der Waals surface area contributed by atoms with Gasteiger partial charge < -0.3 is 5.11 Å². The maximum Gasteiger partial charge on any atom is 0.335 e. The summed E-state index contributed by atoms with van der Waals surface area (Å²) >= 11 is 1.36. The average molecular weight is 476 g/mol. The second kappa shape index (κ2) is 9.94. The van der Waals surface area contributed by atoms with Crippen molar-refractivity contribution in [2.24, 2.45) is 0 Å². The molecule has 4 rings (SSSR count). The molecule has 0 unspecified atom stereocenters. The van der Waals surface area contributed by atoms with Crippen molar-refractivity contribution in [3.05, 3.63) is 120 Å². The molecule has 33 heavy (non-hydrogen) atoms. The Hall–Kier alpha value is -3.55. The Kier molecular flexibility index (Phi) is 6.82. The van der Waals surface area contributed by atoms with Gasteiger partial charge in [0.2, 0.25) is 0 Å². The highest BCUT2D eigenvalue weighted by Crippen LogP contribution is 2.37. The van der Waals surface area contributed by atoms with Crippen molar-refractivity contribution in [3.8, 4) is 0 Å². The molecule has 0 atom stereocenters. The van der Waals surface area contributed by atoms with Gasteiger partial charge in [0.05, 0.1) is 16.9 Å². The number of hydrogen-bond donors (Lipinski definition) is 1. The van der Waals surface area contributed by atoms with Crippen LogP contribution >= 0.6 is 11.8 Å². The summed E-state index contributed by atoms with van der Waals surface area (Å²) in [6, 6.07) is 31.5. The molecule has 4 aromatic rings. The van der Waals surface area contributed by atoms with Crippen LogP contribution in [0.4, 0.5) is 11.4 Å². The van der Waals surface area contributed by atoms with E-state index in [1.165, 1.54) is 28.2 Å². The maximum atomic E-state index is 14.1. The fraction of sp³-hybridized carbons (Fsp3) is 0.0385. The first-order chi connectivity index (χ1) is 16.0. The first kappa shape index (κ1) is 22.6. The Morgan fingerprint density at radius 2 is 1.27 bits per heavy atom. The molecule has 0 saturated heterocycles. The highest BCUT2D eigenvalue weighted by Gasteiger charge is 2.30. The number of nitrogens with zero attached hydrogens (tertiary/aromatic N) is 1. The third kappa shape index (κ3) is 5.10. The van der Waals surface area contributed by atoms with E-state index in [-0.39, 0.29) is 10.5 Å². The third-order valence-electron chi connectivity index (χ3n) is 4.93. The van der Waals surface area contributed by atoms with Crippen LogP contribution in [0.2, 0.25) is 0 Å². The molecule has 0 aliphatic heterocycles. The molecule has 166 valence electrons. The molecule has 0 amide bonds. The van der Waals surface area contributed by atoms with Gasteiger partial charge in [0, 0.05) is 10.6 Å². The third-order valence-corrected chi connectivity index (χ3v) is 8.00. The van der Waals surface area contributed by atoms with E-state index in [1.54, 1.807) is 54.6 Å². The molecule has 1 N–H and O–H groups in total. The molecule has 0 aromatic heterocycles. The van der Waals surface area contributed by atoms with Crippen LogP contribution < -0.4 is 4.31 Å². The number of carboxylic acid groups (broad SMARTS) is 1. The van der Waals surface area contributed by atoms with Crippen LogP contribution in [0.5, 0.6) is 0 Å². The average Bonchev–Trinajstić information content (AvgIpc) is 2.84. The molecule has 0 aliphatic rings. The largest absolute Gasteiger partial charge is 0.478 e. The van der Waals surface area contributed by atoms with Crippen LogP contribution in [0.1, 0.15) is 15.9 Å². The number of hydrogen-bond acceptors (Lipinski definition) is 4. The van der Waals surface area contributed by atoms with Gasteiger partial charge in [-0.05, 0) is 48.0 Å². The van der Waals surface area contributed by atoms with Gasteiger partial charge in [0.15, 0.2) is 0 Å². The van der Waals surface area contributed by atoms with Crippen LogP contribution in [0, 0.1) is 0 Å². The van der Waals surface area contributed by atoms with Crippen molar-refractivity contribution in [2.75, 3.05) is 4.31 Å². The summed E-state index contributed by atoms with van der Waals surface area (Å²) in [4.78, 5) is 12.1. The quantitative estimate of drug-likeness (QED) is 0.307. The fourth-order valence-electron chi connectivity index (χ4n) is 3.35. The lowest BCUT2D eigenvalue weighted by Gasteiger charge is -2.26. The Morgan fingerprint density at radius 1 is 0.758 bits per heavy atom. The summed E-state index contributed by atoms with van der Waals surface area (Å²) in [7, 11) is -4.15.